The Hall–Kier alpha value is -2.39. The summed E-state index contributed by atoms with van der Waals surface area (Å²) in [6.07, 6.45) is 4.39. The zero-order chi connectivity index (χ0) is 20.9. The van der Waals surface area contributed by atoms with Crippen molar-refractivity contribution in [1.82, 2.24) is 30.3 Å². The molecule has 0 aliphatic carbocycles. The van der Waals surface area contributed by atoms with E-state index in [1.165, 1.54) is 12.8 Å². The number of hydrogen-bond acceptors (Lipinski definition) is 6. The molecule has 2 N–H and O–H groups in total. The van der Waals surface area contributed by atoms with Crippen LogP contribution >= 0.6 is 0 Å². The number of rotatable bonds is 7. The van der Waals surface area contributed by atoms with Gasteiger partial charge >= 0.3 is 0 Å². The smallest absolute Gasteiger partial charge is 0.191 e. The van der Waals surface area contributed by atoms with Gasteiger partial charge in [0.1, 0.15) is 24.0 Å². The molecule has 4 rings (SSSR count). The monoisotopic (exact) mass is 415 g/mol. The normalized spacial score (nSPS) is 20.9. The lowest BCUT2D eigenvalue weighted by Gasteiger charge is -2.29. The first kappa shape index (κ1) is 20.9. The second-order valence-corrected chi connectivity index (χ2v) is 8.10. The number of aryl methyl sites for hydroxylation is 2. The molecule has 0 radical (unpaired) electrons. The molecule has 2 unspecified atom stereocenters. The first-order valence-electron chi connectivity index (χ1n) is 10.9. The molecule has 0 spiro atoms. The van der Waals surface area contributed by atoms with Crippen molar-refractivity contribution in [1.29, 1.82) is 0 Å². The minimum atomic E-state index is 0.213. The maximum absolute atomic E-state index is 5.96. The van der Waals surface area contributed by atoms with Crippen LogP contribution in [-0.4, -0.2) is 65.5 Å². The van der Waals surface area contributed by atoms with E-state index in [1.807, 2.05) is 24.7 Å². The fourth-order valence-electron chi connectivity index (χ4n) is 4.35. The number of likely N-dealkylation sites (tertiary alicyclic amines) is 1. The van der Waals surface area contributed by atoms with Crippen LogP contribution in [0.15, 0.2) is 21.5 Å². The van der Waals surface area contributed by atoms with Crippen molar-refractivity contribution >= 4 is 5.96 Å². The first-order valence-corrected chi connectivity index (χ1v) is 10.9. The molecule has 0 aromatic carbocycles. The third kappa shape index (κ3) is 4.84. The molecule has 2 atom stereocenters. The highest BCUT2D eigenvalue weighted by Gasteiger charge is 2.27. The van der Waals surface area contributed by atoms with Gasteiger partial charge in [-0.05, 0) is 51.4 Å². The molecule has 9 nitrogen and oxygen atoms in total. The van der Waals surface area contributed by atoms with E-state index >= 15 is 0 Å². The van der Waals surface area contributed by atoms with Crippen molar-refractivity contribution in [3.8, 4) is 0 Å². The molecule has 9 heteroatoms. The summed E-state index contributed by atoms with van der Waals surface area (Å²) in [5.41, 5.74) is 0. The average molecular weight is 416 g/mol. The number of furan rings is 1. The number of nitrogens with one attached hydrogen (secondary N) is 2. The van der Waals surface area contributed by atoms with E-state index in [0.717, 1.165) is 68.1 Å². The third-order valence-corrected chi connectivity index (χ3v) is 5.87. The summed E-state index contributed by atoms with van der Waals surface area (Å²) in [4.78, 5) is 11.5. The van der Waals surface area contributed by atoms with Crippen LogP contribution in [-0.2, 0) is 24.3 Å². The quantitative estimate of drug-likeness (QED) is 0.525. The van der Waals surface area contributed by atoms with Gasteiger partial charge in [0.25, 0.3) is 0 Å². The number of aromatic nitrogens is 3. The lowest BCUT2D eigenvalue weighted by atomic mass is 10.1. The summed E-state index contributed by atoms with van der Waals surface area (Å²) in [5.74, 6) is 4.57. The lowest BCUT2D eigenvalue weighted by molar-refractivity contribution is 0.177. The van der Waals surface area contributed by atoms with E-state index in [4.69, 9.17) is 9.15 Å². The summed E-state index contributed by atoms with van der Waals surface area (Å²) in [6, 6.07) is 4.61. The number of ether oxygens (including phenoxy) is 1. The molecule has 0 amide bonds. The van der Waals surface area contributed by atoms with Crippen molar-refractivity contribution < 1.29 is 9.15 Å². The highest BCUT2D eigenvalue weighted by Crippen LogP contribution is 2.26. The third-order valence-electron chi connectivity index (χ3n) is 5.87. The molecule has 164 valence electrons. The number of hydrogen-bond donors (Lipinski definition) is 2. The van der Waals surface area contributed by atoms with Crippen molar-refractivity contribution in [3.05, 3.63) is 35.3 Å². The minimum absolute atomic E-state index is 0.213. The molecular weight excluding hydrogens is 382 g/mol. The minimum Gasteiger partial charge on any atom is -0.465 e. The van der Waals surface area contributed by atoms with E-state index < -0.39 is 0 Å². The second kappa shape index (κ2) is 9.61. The van der Waals surface area contributed by atoms with Gasteiger partial charge in [-0.2, -0.15) is 5.10 Å². The molecule has 0 saturated carbocycles. The van der Waals surface area contributed by atoms with Gasteiger partial charge in [-0.1, -0.05) is 0 Å². The molecule has 30 heavy (non-hydrogen) atoms. The van der Waals surface area contributed by atoms with Crippen LogP contribution in [0.3, 0.4) is 0 Å². The topological polar surface area (TPSA) is 92.7 Å². The largest absolute Gasteiger partial charge is 0.465 e. The van der Waals surface area contributed by atoms with Crippen LogP contribution in [0, 0.1) is 6.92 Å². The van der Waals surface area contributed by atoms with Crippen molar-refractivity contribution in [2.24, 2.45) is 4.99 Å². The van der Waals surface area contributed by atoms with Crippen LogP contribution in [0.2, 0.25) is 0 Å². The van der Waals surface area contributed by atoms with Gasteiger partial charge in [-0.15, -0.1) is 0 Å². The van der Waals surface area contributed by atoms with Gasteiger partial charge in [-0.3, -0.25) is 9.89 Å². The first-order chi connectivity index (χ1) is 14.7. The predicted molar refractivity (Wildman–Crippen MR) is 114 cm³/mol. The van der Waals surface area contributed by atoms with E-state index in [2.05, 4.69) is 36.7 Å². The van der Waals surface area contributed by atoms with Gasteiger partial charge in [0.15, 0.2) is 11.8 Å². The molecule has 0 bridgehead atoms. The Morgan fingerprint density at radius 1 is 1.37 bits per heavy atom. The van der Waals surface area contributed by atoms with E-state index in [1.54, 1.807) is 7.11 Å². The molecule has 1 saturated heterocycles. The summed E-state index contributed by atoms with van der Waals surface area (Å²) in [5, 5.41) is 11.6. The summed E-state index contributed by atoms with van der Waals surface area (Å²) < 4.78 is 13.1. The van der Waals surface area contributed by atoms with Gasteiger partial charge in [0, 0.05) is 33.2 Å². The van der Waals surface area contributed by atoms with Crippen molar-refractivity contribution in [2.75, 3.05) is 33.8 Å². The van der Waals surface area contributed by atoms with Crippen LogP contribution in [0.5, 0.6) is 0 Å². The van der Waals surface area contributed by atoms with Crippen molar-refractivity contribution in [2.45, 2.75) is 57.8 Å². The zero-order valence-corrected chi connectivity index (χ0v) is 18.2. The second-order valence-electron chi connectivity index (χ2n) is 8.10. The number of fused-ring (bicyclic) bond motifs is 1. The van der Waals surface area contributed by atoms with E-state index in [9.17, 15) is 0 Å². The van der Waals surface area contributed by atoms with Crippen molar-refractivity contribution in [3.63, 3.8) is 0 Å². The molecule has 2 aliphatic rings. The fraction of sp³-hybridized carbons (Fsp3) is 0.667. The van der Waals surface area contributed by atoms with E-state index in [0.29, 0.717) is 6.61 Å². The average Bonchev–Trinajstić information content (AvgIpc) is 3.48. The predicted octanol–water partition coefficient (Wildman–Crippen LogP) is 1.64. The van der Waals surface area contributed by atoms with Crippen LogP contribution < -0.4 is 10.6 Å². The number of nitrogens with zero attached hydrogens (tertiary/aromatic N) is 5. The molecule has 2 aromatic rings. The molecular formula is C21H33N7O2. The summed E-state index contributed by atoms with van der Waals surface area (Å²) >= 11 is 0. The lowest BCUT2D eigenvalue weighted by Crippen LogP contribution is -2.49. The molecule has 4 heterocycles. The van der Waals surface area contributed by atoms with Gasteiger partial charge in [-0.25, -0.2) is 9.67 Å². The molecule has 2 aliphatic heterocycles. The number of methoxy groups -OCH3 is 1. The highest BCUT2D eigenvalue weighted by atomic mass is 16.5. The highest BCUT2D eigenvalue weighted by molar-refractivity contribution is 5.80. The fourth-order valence-corrected chi connectivity index (χ4v) is 4.35. The number of aliphatic imine (C=N–C) groups is 1. The Kier molecular flexibility index (Phi) is 6.69. The van der Waals surface area contributed by atoms with E-state index in [-0.39, 0.29) is 12.1 Å². The van der Waals surface area contributed by atoms with Crippen LogP contribution in [0.4, 0.5) is 0 Å². The summed E-state index contributed by atoms with van der Waals surface area (Å²) in [6.45, 7) is 6.20. The Morgan fingerprint density at radius 3 is 2.90 bits per heavy atom. The summed E-state index contributed by atoms with van der Waals surface area (Å²) in [7, 11) is 3.48. The Morgan fingerprint density at radius 2 is 2.20 bits per heavy atom. The van der Waals surface area contributed by atoms with Crippen LogP contribution in [0.25, 0.3) is 0 Å². The Balaban J connectivity index is 1.35. The molecule has 2 aromatic heterocycles. The Bertz CT molecular complexity index is 853. The van der Waals surface area contributed by atoms with Gasteiger partial charge < -0.3 is 19.8 Å². The zero-order valence-electron chi connectivity index (χ0n) is 18.2. The van der Waals surface area contributed by atoms with Gasteiger partial charge in [0.2, 0.25) is 0 Å². The Labute approximate surface area is 177 Å². The maximum atomic E-state index is 5.96. The molecule has 1 fully saturated rings. The SMILES string of the molecule is CN=C(NCC(c1ccc(C)o1)N1CCCC1)NC1CCc2nc(COC)nn2C1. The number of guanidine groups is 1. The standard InChI is InChI=1S/C21H33N7O2/c1-15-6-8-18(30-15)17(27-10-4-5-11-27)12-23-21(22-2)24-16-7-9-20-25-19(14-29-3)26-28(20)13-16/h6,8,16-17H,4-5,7,9-14H2,1-3H3,(H2,22,23,24). The van der Waals surface area contributed by atoms with Gasteiger partial charge in [0.05, 0.1) is 12.6 Å². The van der Waals surface area contributed by atoms with Crippen LogP contribution in [0.1, 0.15) is 48.5 Å². The maximum Gasteiger partial charge on any atom is 0.191 e.